The molecule has 4 heteroatoms. The number of hydrogen-bond donors (Lipinski definition) is 3. The Balaban J connectivity index is 2.54. The highest BCUT2D eigenvalue weighted by atomic mass is 16.4. The quantitative estimate of drug-likeness (QED) is 0.449. The van der Waals surface area contributed by atoms with Crippen LogP contribution in [0.15, 0.2) is 0 Å². The van der Waals surface area contributed by atoms with Gasteiger partial charge in [0.05, 0.1) is 12.0 Å². The maximum absolute atomic E-state index is 10.4. The Morgan fingerprint density at radius 2 is 2.10 bits per heavy atom. The zero-order chi connectivity index (χ0) is 7.72. The third-order valence-electron chi connectivity index (χ3n) is 1.90. The first kappa shape index (κ1) is 7.50. The Hall–Kier alpha value is -0.610. The Morgan fingerprint density at radius 1 is 1.50 bits per heavy atom. The van der Waals surface area contributed by atoms with Crippen LogP contribution >= 0.6 is 0 Å². The van der Waals surface area contributed by atoms with Gasteiger partial charge < -0.3 is 15.9 Å². The highest BCUT2D eigenvalue weighted by molar-refractivity contribution is 5.71. The van der Waals surface area contributed by atoms with Crippen LogP contribution < -0.4 is 5.73 Å². The lowest BCUT2D eigenvalue weighted by molar-refractivity contribution is -0.142. The Bertz CT molecular complexity index is 148. The molecule has 0 aromatic heterocycles. The lowest BCUT2D eigenvalue weighted by atomic mass is 10.1. The summed E-state index contributed by atoms with van der Waals surface area (Å²) < 4.78 is 0. The fourth-order valence-electron chi connectivity index (χ4n) is 1.33. The smallest absolute Gasteiger partial charge is 0.308 e. The van der Waals surface area contributed by atoms with E-state index in [0.29, 0.717) is 12.8 Å². The molecule has 0 spiro atoms. The van der Waals surface area contributed by atoms with Crippen LogP contribution in [0.4, 0.5) is 0 Å². The Kier molecular flexibility index (Phi) is 1.92. The van der Waals surface area contributed by atoms with E-state index in [0.717, 1.165) is 0 Å². The van der Waals surface area contributed by atoms with Crippen LogP contribution in [0.1, 0.15) is 12.8 Å². The van der Waals surface area contributed by atoms with Gasteiger partial charge in [-0.3, -0.25) is 4.79 Å². The van der Waals surface area contributed by atoms with Crippen LogP contribution in [0.3, 0.4) is 0 Å². The molecule has 0 aromatic rings. The Labute approximate surface area is 58.6 Å². The first-order valence-electron chi connectivity index (χ1n) is 3.27. The van der Waals surface area contributed by atoms with Crippen molar-refractivity contribution < 1.29 is 15.0 Å². The number of carboxylic acid groups (broad SMARTS) is 1. The fourth-order valence-corrected chi connectivity index (χ4v) is 1.33. The third kappa shape index (κ3) is 1.27. The van der Waals surface area contributed by atoms with E-state index in [4.69, 9.17) is 15.9 Å². The molecule has 0 aliphatic heterocycles. The summed E-state index contributed by atoms with van der Waals surface area (Å²) in [5, 5.41) is 17.5. The van der Waals surface area contributed by atoms with Crippen LogP contribution in [-0.4, -0.2) is 28.3 Å². The van der Waals surface area contributed by atoms with Gasteiger partial charge in [0.1, 0.15) is 0 Å². The number of carboxylic acids is 1. The van der Waals surface area contributed by atoms with E-state index in [1.54, 1.807) is 0 Å². The van der Waals surface area contributed by atoms with E-state index >= 15 is 0 Å². The Morgan fingerprint density at radius 3 is 2.30 bits per heavy atom. The zero-order valence-electron chi connectivity index (χ0n) is 5.53. The number of aliphatic hydroxyl groups excluding tert-OH is 1. The van der Waals surface area contributed by atoms with Crippen LogP contribution in [-0.2, 0) is 4.79 Å². The normalized spacial score (nSPS) is 40.0. The largest absolute Gasteiger partial charge is 0.481 e. The fraction of sp³-hybridized carbons (Fsp3) is 0.833. The number of aliphatic carboxylic acids is 1. The summed E-state index contributed by atoms with van der Waals surface area (Å²) in [7, 11) is 0. The summed E-state index contributed by atoms with van der Waals surface area (Å²) in [5.74, 6) is -1.45. The molecule has 4 nitrogen and oxygen atoms in total. The van der Waals surface area contributed by atoms with Gasteiger partial charge in [0.25, 0.3) is 0 Å². The molecule has 3 atom stereocenters. The number of rotatable bonds is 1. The van der Waals surface area contributed by atoms with Crippen molar-refractivity contribution in [3.05, 3.63) is 0 Å². The molecule has 1 fully saturated rings. The highest BCUT2D eigenvalue weighted by Gasteiger charge is 2.35. The molecule has 0 amide bonds. The molecule has 0 saturated heterocycles. The van der Waals surface area contributed by atoms with Crippen molar-refractivity contribution in [2.45, 2.75) is 25.0 Å². The molecule has 0 heterocycles. The molecule has 0 radical (unpaired) electrons. The maximum atomic E-state index is 10.4. The molecule has 10 heavy (non-hydrogen) atoms. The first-order valence-corrected chi connectivity index (χ1v) is 3.27. The van der Waals surface area contributed by atoms with Crippen molar-refractivity contribution >= 4 is 5.97 Å². The molecule has 4 N–H and O–H groups in total. The monoisotopic (exact) mass is 145 g/mol. The van der Waals surface area contributed by atoms with E-state index < -0.39 is 18.0 Å². The SMILES string of the molecule is N[C@H]1CC(O)C[C@H]1C(=O)O. The molecular weight excluding hydrogens is 134 g/mol. The average molecular weight is 145 g/mol. The third-order valence-corrected chi connectivity index (χ3v) is 1.90. The number of carbonyl (C=O) groups is 1. The van der Waals surface area contributed by atoms with Gasteiger partial charge >= 0.3 is 5.97 Å². The van der Waals surface area contributed by atoms with Crippen molar-refractivity contribution in [2.75, 3.05) is 0 Å². The molecule has 1 saturated carbocycles. The van der Waals surface area contributed by atoms with Gasteiger partial charge in [0.2, 0.25) is 0 Å². The first-order chi connectivity index (χ1) is 4.61. The topological polar surface area (TPSA) is 83.5 Å². The predicted octanol–water partition coefficient (Wildman–Crippen LogP) is -0.831. The van der Waals surface area contributed by atoms with Gasteiger partial charge in [-0.2, -0.15) is 0 Å². The predicted molar refractivity (Wildman–Crippen MR) is 34.3 cm³/mol. The molecule has 1 unspecified atom stereocenters. The number of hydrogen-bond acceptors (Lipinski definition) is 3. The van der Waals surface area contributed by atoms with E-state index in [9.17, 15) is 4.79 Å². The van der Waals surface area contributed by atoms with E-state index in [2.05, 4.69) is 0 Å². The van der Waals surface area contributed by atoms with Crippen molar-refractivity contribution in [1.82, 2.24) is 0 Å². The van der Waals surface area contributed by atoms with E-state index in [-0.39, 0.29) is 6.04 Å². The standard InChI is InChI=1S/C6H11NO3/c7-5-2-3(8)1-4(5)6(9)10/h3-5,8H,1-2,7H2,(H,9,10)/t3?,4-,5+/m1/s1. The molecule has 0 aromatic carbocycles. The minimum absolute atomic E-state index is 0.302. The minimum atomic E-state index is -0.899. The highest BCUT2D eigenvalue weighted by Crippen LogP contribution is 2.24. The second-order valence-corrected chi connectivity index (χ2v) is 2.73. The lowest BCUT2D eigenvalue weighted by Crippen LogP contribution is -2.30. The molecule has 1 aliphatic carbocycles. The molecule has 0 bridgehead atoms. The summed E-state index contributed by atoms with van der Waals surface area (Å²) in [6.45, 7) is 0. The minimum Gasteiger partial charge on any atom is -0.481 e. The molecular formula is C6H11NO3. The van der Waals surface area contributed by atoms with E-state index in [1.165, 1.54) is 0 Å². The second-order valence-electron chi connectivity index (χ2n) is 2.73. The molecule has 58 valence electrons. The second kappa shape index (κ2) is 2.56. The van der Waals surface area contributed by atoms with Gasteiger partial charge in [-0.15, -0.1) is 0 Å². The lowest BCUT2D eigenvalue weighted by Gasteiger charge is -2.07. The van der Waals surface area contributed by atoms with Crippen molar-refractivity contribution in [2.24, 2.45) is 11.7 Å². The van der Waals surface area contributed by atoms with E-state index in [1.807, 2.05) is 0 Å². The van der Waals surface area contributed by atoms with Gasteiger partial charge in [-0.05, 0) is 12.8 Å². The van der Waals surface area contributed by atoms with Gasteiger partial charge in [0.15, 0.2) is 0 Å². The van der Waals surface area contributed by atoms with Crippen molar-refractivity contribution in [3.63, 3.8) is 0 Å². The van der Waals surface area contributed by atoms with Crippen LogP contribution in [0.25, 0.3) is 0 Å². The summed E-state index contributed by atoms with van der Waals surface area (Å²) in [5.41, 5.74) is 5.43. The van der Waals surface area contributed by atoms with Gasteiger partial charge in [-0.25, -0.2) is 0 Å². The van der Waals surface area contributed by atoms with Gasteiger partial charge in [-0.1, -0.05) is 0 Å². The molecule has 1 aliphatic rings. The summed E-state index contributed by atoms with van der Waals surface area (Å²) >= 11 is 0. The number of aliphatic hydroxyl groups is 1. The molecule has 1 rings (SSSR count). The van der Waals surface area contributed by atoms with Crippen LogP contribution in [0, 0.1) is 5.92 Å². The van der Waals surface area contributed by atoms with Crippen molar-refractivity contribution in [3.8, 4) is 0 Å². The number of nitrogens with two attached hydrogens (primary N) is 1. The maximum Gasteiger partial charge on any atom is 0.308 e. The zero-order valence-corrected chi connectivity index (χ0v) is 5.53. The summed E-state index contributed by atoms with van der Waals surface area (Å²) in [6, 6.07) is -0.368. The van der Waals surface area contributed by atoms with Crippen LogP contribution in [0.2, 0.25) is 0 Å². The van der Waals surface area contributed by atoms with Crippen molar-refractivity contribution in [1.29, 1.82) is 0 Å². The summed E-state index contributed by atoms with van der Waals surface area (Å²) in [4.78, 5) is 10.4. The summed E-state index contributed by atoms with van der Waals surface area (Å²) in [6.07, 6.45) is 0.198. The average Bonchev–Trinajstić information content (AvgIpc) is 2.10. The van der Waals surface area contributed by atoms with Crippen LogP contribution in [0.5, 0.6) is 0 Å². The van der Waals surface area contributed by atoms with Gasteiger partial charge in [0, 0.05) is 6.04 Å².